The quantitative estimate of drug-likeness (QED) is 0.654. The largest absolute Gasteiger partial charge is 0.371 e. The van der Waals surface area contributed by atoms with Crippen LogP contribution >= 0.6 is 31.9 Å². The molecule has 2 aliphatic heterocycles. The third kappa shape index (κ3) is 3.83. The van der Waals surface area contributed by atoms with Crippen molar-refractivity contribution >= 4 is 37.5 Å². The van der Waals surface area contributed by atoms with Crippen LogP contribution < -0.4 is 4.90 Å². The van der Waals surface area contributed by atoms with Crippen LogP contribution in [0.15, 0.2) is 22.7 Å². The number of benzene rings is 1. The van der Waals surface area contributed by atoms with Crippen molar-refractivity contribution in [3.8, 4) is 0 Å². The van der Waals surface area contributed by atoms with Crippen LogP contribution in [0.3, 0.4) is 0 Å². The summed E-state index contributed by atoms with van der Waals surface area (Å²) in [7, 11) is 0. The minimum atomic E-state index is 0.820. The highest BCUT2D eigenvalue weighted by molar-refractivity contribution is 9.10. The second kappa shape index (κ2) is 7.47. The van der Waals surface area contributed by atoms with Gasteiger partial charge in [0, 0.05) is 34.6 Å². The van der Waals surface area contributed by atoms with E-state index in [1.807, 2.05) is 0 Å². The number of alkyl halides is 1. The second-order valence-electron chi connectivity index (χ2n) is 6.22. The molecule has 2 nitrogen and oxygen atoms in total. The number of hydrogen-bond donors (Lipinski definition) is 0. The number of anilines is 1. The molecular formula is C17H24Br2N2. The lowest BCUT2D eigenvalue weighted by Gasteiger charge is -2.41. The van der Waals surface area contributed by atoms with Gasteiger partial charge in [0.2, 0.25) is 0 Å². The molecule has 1 aromatic rings. The van der Waals surface area contributed by atoms with Crippen LogP contribution in [0.5, 0.6) is 0 Å². The summed E-state index contributed by atoms with van der Waals surface area (Å²) in [6.07, 6.45) is 6.86. The summed E-state index contributed by atoms with van der Waals surface area (Å²) in [6.45, 7) is 5.04. The Labute approximate surface area is 145 Å². The molecule has 2 fully saturated rings. The standard InChI is InChI=1S/C17H24Br2N2/c18-13-14-4-5-15(19)12-17(14)21-10-6-16(7-11-21)20-8-2-1-3-9-20/h4-5,12,16H,1-3,6-11,13H2. The Morgan fingerprint density at radius 1 is 1.00 bits per heavy atom. The summed E-state index contributed by atoms with van der Waals surface area (Å²) in [4.78, 5) is 5.31. The lowest BCUT2D eigenvalue weighted by atomic mass is 9.99. The minimum Gasteiger partial charge on any atom is -0.371 e. The fourth-order valence-electron chi connectivity index (χ4n) is 3.70. The zero-order chi connectivity index (χ0) is 14.7. The number of likely N-dealkylation sites (tertiary alicyclic amines) is 1. The maximum Gasteiger partial charge on any atom is 0.0418 e. The van der Waals surface area contributed by atoms with Gasteiger partial charge in [0.05, 0.1) is 0 Å². The molecule has 0 amide bonds. The highest BCUT2D eigenvalue weighted by Crippen LogP contribution is 2.30. The molecule has 0 radical (unpaired) electrons. The van der Waals surface area contributed by atoms with Gasteiger partial charge in [-0.1, -0.05) is 44.3 Å². The third-order valence-electron chi connectivity index (χ3n) is 4.90. The third-order valence-corrected chi connectivity index (χ3v) is 6.00. The van der Waals surface area contributed by atoms with E-state index in [4.69, 9.17) is 0 Å². The first-order valence-corrected chi connectivity index (χ1v) is 10.0. The lowest BCUT2D eigenvalue weighted by Crippen LogP contribution is -2.46. The maximum atomic E-state index is 3.62. The van der Waals surface area contributed by atoms with Gasteiger partial charge in [-0.25, -0.2) is 0 Å². The van der Waals surface area contributed by atoms with Crippen molar-refractivity contribution in [2.45, 2.75) is 43.5 Å². The van der Waals surface area contributed by atoms with Crippen molar-refractivity contribution in [2.75, 3.05) is 31.1 Å². The average molecular weight is 416 g/mol. The molecule has 0 bridgehead atoms. The van der Waals surface area contributed by atoms with E-state index < -0.39 is 0 Å². The predicted octanol–water partition coefficient (Wildman–Crippen LogP) is 4.80. The summed E-state index contributed by atoms with van der Waals surface area (Å²) >= 11 is 7.24. The molecule has 0 aromatic heterocycles. The molecule has 0 saturated carbocycles. The molecule has 3 rings (SSSR count). The van der Waals surface area contributed by atoms with Crippen molar-refractivity contribution in [3.63, 3.8) is 0 Å². The highest BCUT2D eigenvalue weighted by Gasteiger charge is 2.26. The van der Waals surface area contributed by atoms with Crippen molar-refractivity contribution < 1.29 is 0 Å². The zero-order valence-electron chi connectivity index (χ0n) is 12.5. The van der Waals surface area contributed by atoms with E-state index in [1.165, 1.54) is 74.0 Å². The maximum absolute atomic E-state index is 3.62. The molecule has 21 heavy (non-hydrogen) atoms. The Balaban J connectivity index is 1.64. The molecule has 0 spiro atoms. The van der Waals surface area contributed by atoms with Crippen molar-refractivity contribution in [1.82, 2.24) is 4.90 Å². The Morgan fingerprint density at radius 2 is 1.71 bits per heavy atom. The zero-order valence-corrected chi connectivity index (χ0v) is 15.7. The number of rotatable bonds is 3. The van der Waals surface area contributed by atoms with E-state index in [1.54, 1.807) is 0 Å². The van der Waals surface area contributed by atoms with Gasteiger partial charge in [-0.2, -0.15) is 0 Å². The normalized spacial score (nSPS) is 21.7. The van der Waals surface area contributed by atoms with Crippen LogP contribution in [-0.4, -0.2) is 37.1 Å². The molecule has 2 aliphatic rings. The number of hydrogen-bond acceptors (Lipinski definition) is 2. The summed E-state index contributed by atoms with van der Waals surface area (Å²) in [5.41, 5.74) is 2.80. The first-order chi connectivity index (χ1) is 10.3. The molecule has 4 heteroatoms. The summed E-state index contributed by atoms with van der Waals surface area (Å²) in [5, 5.41) is 0.932. The Kier molecular flexibility index (Phi) is 5.63. The van der Waals surface area contributed by atoms with Crippen LogP contribution in [0.4, 0.5) is 5.69 Å². The predicted molar refractivity (Wildman–Crippen MR) is 97.4 cm³/mol. The van der Waals surface area contributed by atoms with Crippen molar-refractivity contribution in [1.29, 1.82) is 0 Å². The van der Waals surface area contributed by atoms with E-state index in [0.29, 0.717) is 0 Å². The van der Waals surface area contributed by atoms with Gasteiger partial charge in [0.1, 0.15) is 0 Å². The van der Waals surface area contributed by atoms with Crippen LogP contribution in [0.25, 0.3) is 0 Å². The smallest absolute Gasteiger partial charge is 0.0418 e. The van der Waals surface area contributed by atoms with Crippen molar-refractivity contribution in [3.05, 3.63) is 28.2 Å². The second-order valence-corrected chi connectivity index (χ2v) is 7.70. The fourth-order valence-corrected chi connectivity index (χ4v) is 4.52. The average Bonchev–Trinajstić information content (AvgIpc) is 2.56. The van der Waals surface area contributed by atoms with Gasteiger partial charge in [0.25, 0.3) is 0 Å². The molecule has 2 heterocycles. The van der Waals surface area contributed by atoms with Gasteiger partial charge in [-0.15, -0.1) is 0 Å². The minimum absolute atomic E-state index is 0.820. The monoisotopic (exact) mass is 414 g/mol. The fraction of sp³-hybridized carbons (Fsp3) is 0.647. The van der Waals surface area contributed by atoms with Crippen LogP contribution in [0, 0.1) is 0 Å². The van der Waals surface area contributed by atoms with Crippen LogP contribution in [0.1, 0.15) is 37.7 Å². The van der Waals surface area contributed by atoms with Gasteiger partial charge in [-0.3, -0.25) is 0 Å². The molecule has 0 unspecified atom stereocenters. The van der Waals surface area contributed by atoms with Crippen LogP contribution in [-0.2, 0) is 5.33 Å². The molecule has 2 saturated heterocycles. The number of piperidine rings is 2. The summed E-state index contributed by atoms with van der Waals surface area (Å²) in [5.74, 6) is 0. The van der Waals surface area contributed by atoms with E-state index in [-0.39, 0.29) is 0 Å². The Bertz CT molecular complexity index is 464. The lowest BCUT2D eigenvalue weighted by molar-refractivity contribution is 0.141. The van der Waals surface area contributed by atoms with E-state index in [9.17, 15) is 0 Å². The van der Waals surface area contributed by atoms with E-state index in [2.05, 4.69) is 59.9 Å². The van der Waals surface area contributed by atoms with Crippen LogP contribution in [0.2, 0.25) is 0 Å². The molecule has 0 aliphatic carbocycles. The molecule has 0 N–H and O–H groups in total. The topological polar surface area (TPSA) is 6.48 Å². The number of nitrogens with zero attached hydrogens (tertiary/aromatic N) is 2. The van der Waals surface area contributed by atoms with E-state index in [0.717, 1.165) is 11.4 Å². The Morgan fingerprint density at radius 3 is 2.38 bits per heavy atom. The summed E-state index contributed by atoms with van der Waals surface area (Å²) in [6, 6.07) is 7.46. The highest BCUT2D eigenvalue weighted by atomic mass is 79.9. The first kappa shape index (κ1) is 15.8. The van der Waals surface area contributed by atoms with Crippen molar-refractivity contribution in [2.24, 2.45) is 0 Å². The van der Waals surface area contributed by atoms with E-state index >= 15 is 0 Å². The summed E-state index contributed by atoms with van der Waals surface area (Å²) < 4.78 is 1.18. The first-order valence-electron chi connectivity index (χ1n) is 8.11. The number of halogens is 2. The van der Waals surface area contributed by atoms with Gasteiger partial charge >= 0.3 is 0 Å². The van der Waals surface area contributed by atoms with Gasteiger partial charge < -0.3 is 9.80 Å². The Hall–Kier alpha value is -0.0600. The molecule has 116 valence electrons. The molecular weight excluding hydrogens is 392 g/mol. The van der Waals surface area contributed by atoms with Gasteiger partial charge in [0.15, 0.2) is 0 Å². The SMILES string of the molecule is BrCc1ccc(Br)cc1N1CCC(N2CCCCC2)CC1. The molecule has 0 atom stereocenters. The molecule has 1 aromatic carbocycles. The van der Waals surface area contributed by atoms with Gasteiger partial charge in [-0.05, 0) is 56.5 Å².